The molecule has 0 aliphatic carbocycles. The van der Waals surface area contributed by atoms with Crippen molar-refractivity contribution in [3.8, 4) is 0 Å². The molecule has 1 aliphatic rings. The molecule has 0 radical (unpaired) electrons. The molecular weight excluding hydrogens is 148 g/mol. The molecule has 1 aliphatic heterocycles. The summed E-state index contributed by atoms with van der Waals surface area (Å²) >= 11 is 0. The summed E-state index contributed by atoms with van der Waals surface area (Å²) in [6, 6.07) is 0.801. The van der Waals surface area contributed by atoms with Gasteiger partial charge in [0.2, 0.25) is 0 Å². The zero-order valence-electron chi connectivity index (χ0n) is 6.76. The van der Waals surface area contributed by atoms with Gasteiger partial charge in [-0.15, -0.1) is 12.4 Å². The molecule has 1 N–H and O–H groups in total. The van der Waals surface area contributed by atoms with Crippen LogP contribution in [0.25, 0.3) is 0 Å². The van der Waals surface area contributed by atoms with Crippen LogP contribution in [0, 0.1) is 0 Å². The van der Waals surface area contributed by atoms with Crippen LogP contribution in [0.2, 0.25) is 0 Å². The third-order valence-corrected chi connectivity index (χ3v) is 2.16. The van der Waals surface area contributed by atoms with Gasteiger partial charge in [0.15, 0.2) is 0 Å². The van der Waals surface area contributed by atoms with Gasteiger partial charge < -0.3 is 10.2 Å². The first kappa shape index (κ1) is 10.2. The van der Waals surface area contributed by atoms with Gasteiger partial charge in [-0.25, -0.2) is 0 Å². The molecule has 0 aromatic heterocycles. The Kier molecular flexibility index (Phi) is 5.04. The third-order valence-electron chi connectivity index (χ3n) is 2.16. The van der Waals surface area contributed by atoms with Gasteiger partial charge in [0.1, 0.15) is 0 Å². The fourth-order valence-electron chi connectivity index (χ4n) is 1.27. The van der Waals surface area contributed by atoms with E-state index in [4.69, 9.17) is 0 Å². The predicted molar refractivity (Wildman–Crippen MR) is 46.8 cm³/mol. The molecule has 1 unspecified atom stereocenters. The van der Waals surface area contributed by atoms with Crippen LogP contribution < -0.4 is 5.32 Å². The van der Waals surface area contributed by atoms with Crippen molar-refractivity contribution in [3.63, 3.8) is 0 Å². The minimum Gasteiger partial charge on any atom is -0.315 e. The Hall–Kier alpha value is 0.210. The smallest absolute Gasteiger partial charge is 0.0229 e. The van der Waals surface area contributed by atoms with Gasteiger partial charge in [0.05, 0.1) is 0 Å². The van der Waals surface area contributed by atoms with Gasteiger partial charge >= 0.3 is 0 Å². The summed E-state index contributed by atoms with van der Waals surface area (Å²) in [7, 11) is 2.19. The average Bonchev–Trinajstić information content (AvgIpc) is 2.37. The summed E-state index contributed by atoms with van der Waals surface area (Å²) in [4.78, 5) is 2.40. The lowest BCUT2D eigenvalue weighted by Gasteiger charge is -2.20. The number of halogens is 1. The van der Waals surface area contributed by atoms with E-state index >= 15 is 0 Å². The third kappa shape index (κ3) is 2.45. The topological polar surface area (TPSA) is 15.3 Å². The van der Waals surface area contributed by atoms with Crippen LogP contribution in [0.5, 0.6) is 0 Å². The molecular formula is C7H17ClN2. The van der Waals surface area contributed by atoms with Crippen LogP contribution in [0.1, 0.15) is 13.3 Å². The molecule has 1 rings (SSSR count). The van der Waals surface area contributed by atoms with Crippen molar-refractivity contribution in [3.05, 3.63) is 0 Å². The second-order valence-corrected chi connectivity index (χ2v) is 2.72. The molecule has 0 saturated carbocycles. The van der Waals surface area contributed by atoms with E-state index in [0.29, 0.717) is 0 Å². The number of nitrogens with one attached hydrogen (secondary N) is 1. The Morgan fingerprint density at radius 3 is 2.70 bits per heavy atom. The molecule has 0 spiro atoms. The van der Waals surface area contributed by atoms with Crippen LogP contribution in [-0.2, 0) is 0 Å². The van der Waals surface area contributed by atoms with Crippen LogP contribution in [-0.4, -0.2) is 37.6 Å². The highest BCUT2D eigenvalue weighted by Crippen LogP contribution is 2.04. The number of hydrogen-bond donors (Lipinski definition) is 1. The SMILES string of the molecule is CCN(C)C1CCNC1.Cl. The molecule has 0 amide bonds. The zero-order valence-corrected chi connectivity index (χ0v) is 7.58. The maximum absolute atomic E-state index is 3.35. The van der Waals surface area contributed by atoms with Gasteiger partial charge in [-0.2, -0.15) is 0 Å². The molecule has 2 nitrogen and oxygen atoms in total. The van der Waals surface area contributed by atoms with Gasteiger partial charge in [0.25, 0.3) is 0 Å². The lowest BCUT2D eigenvalue weighted by atomic mass is 10.2. The van der Waals surface area contributed by atoms with Crippen molar-refractivity contribution >= 4 is 12.4 Å². The molecule has 62 valence electrons. The van der Waals surface area contributed by atoms with E-state index < -0.39 is 0 Å². The summed E-state index contributed by atoms with van der Waals surface area (Å²) < 4.78 is 0. The first-order chi connectivity index (χ1) is 4.34. The first-order valence-corrected chi connectivity index (χ1v) is 3.75. The average molecular weight is 165 g/mol. The normalized spacial score (nSPS) is 24.9. The highest BCUT2D eigenvalue weighted by atomic mass is 35.5. The Bertz CT molecular complexity index is 81.7. The zero-order chi connectivity index (χ0) is 6.69. The largest absolute Gasteiger partial charge is 0.315 e. The Labute approximate surface area is 69.4 Å². The van der Waals surface area contributed by atoms with Crippen LogP contribution in [0.3, 0.4) is 0 Å². The van der Waals surface area contributed by atoms with Crippen LogP contribution in [0.15, 0.2) is 0 Å². The Balaban J connectivity index is 0.000000810. The van der Waals surface area contributed by atoms with E-state index in [1.807, 2.05) is 0 Å². The van der Waals surface area contributed by atoms with Crippen molar-refractivity contribution in [1.29, 1.82) is 0 Å². The van der Waals surface area contributed by atoms with Gasteiger partial charge in [-0.05, 0) is 26.6 Å². The van der Waals surface area contributed by atoms with Gasteiger partial charge in [-0.3, -0.25) is 0 Å². The quantitative estimate of drug-likeness (QED) is 0.647. The predicted octanol–water partition coefficient (Wildman–Crippen LogP) is 0.722. The maximum atomic E-state index is 3.35. The summed E-state index contributed by atoms with van der Waals surface area (Å²) in [6.07, 6.45) is 1.32. The molecule has 0 bridgehead atoms. The van der Waals surface area contributed by atoms with Gasteiger partial charge in [-0.1, -0.05) is 6.92 Å². The van der Waals surface area contributed by atoms with E-state index in [9.17, 15) is 0 Å². The van der Waals surface area contributed by atoms with E-state index in [2.05, 4.69) is 24.2 Å². The van der Waals surface area contributed by atoms with Crippen molar-refractivity contribution < 1.29 is 0 Å². The second-order valence-electron chi connectivity index (χ2n) is 2.72. The lowest BCUT2D eigenvalue weighted by molar-refractivity contribution is 0.270. The number of rotatable bonds is 2. The molecule has 3 heteroatoms. The first-order valence-electron chi connectivity index (χ1n) is 3.75. The Morgan fingerprint density at radius 1 is 1.60 bits per heavy atom. The molecule has 1 saturated heterocycles. The van der Waals surface area contributed by atoms with Gasteiger partial charge in [0, 0.05) is 12.6 Å². The molecule has 0 aromatic carbocycles. The molecule has 0 aromatic rings. The monoisotopic (exact) mass is 164 g/mol. The van der Waals surface area contributed by atoms with Crippen molar-refractivity contribution in [1.82, 2.24) is 10.2 Å². The highest BCUT2D eigenvalue weighted by Gasteiger charge is 2.16. The van der Waals surface area contributed by atoms with E-state index in [1.165, 1.54) is 26.1 Å². The van der Waals surface area contributed by atoms with Crippen LogP contribution >= 0.6 is 12.4 Å². The van der Waals surface area contributed by atoms with Crippen LogP contribution in [0.4, 0.5) is 0 Å². The van der Waals surface area contributed by atoms with E-state index in [1.54, 1.807) is 0 Å². The summed E-state index contributed by atoms with van der Waals surface area (Å²) in [6.45, 7) is 5.77. The molecule has 1 heterocycles. The fraction of sp³-hybridized carbons (Fsp3) is 1.00. The van der Waals surface area contributed by atoms with Crippen molar-refractivity contribution in [2.24, 2.45) is 0 Å². The highest BCUT2D eigenvalue weighted by molar-refractivity contribution is 5.85. The Morgan fingerprint density at radius 2 is 2.30 bits per heavy atom. The molecule has 1 fully saturated rings. The van der Waals surface area contributed by atoms with E-state index in [-0.39, 0.29) is 12.4 Å². The lowest BCUT2D eigenvalue weighted by Crippen LogP contribution is -2.32. The second kappa shape index (κ2) is 4.94. The minimum atomic E-state index is 0. The minimum absolute atomic E-state index is 0. The number of nitrogens with zero attached hydrogens (tertiary/aromatic N) is 1. The van der Waals surface area contributed by atoms with E-state index in [0.717, 1.165) is 6.04 Å². The summed E-state index contributed by atoms with van der Waals surface area (Å²) in [5.74, 6) is 0. The fourth-order valence-corrected chi connectivity index (χ4v) is 1.27. The number of hydrogen-bond acceptors (Lipinski definition) is 2. The number of likely N-dealkylation sites (N-methyl/N-ethyl adjacent to an activating group) is 1. The maximum Gasteiger partial charge on any atom is 0.0229 e. The van der Waals surface area contributed by atoms with Crippen molar-refractivity contribution in [2.45, 2.75) is 19.4 Å². The summed E-state index contributed by atoms with van der Waals surface area (Å²) in [5, 5.41) is 3.35. The molecule has 1 atom stereocenters. The summed E-state index contributed by atoms with van der Waals surface area (Å²) in [5.41, 5.74) is 0. The standard InChI is InChI=1S/C7H16N2.ClH/c1-3-9(2)7-4-5-8-6-7;/h7-8H,3-6H2,1-2H3;1H. The van der Waals surface area contributed by atoms with Crippen molar-refractivity contribution in [2.75, 3.05) is 26.7 Å². The molecule has 10 heavy (non-hydrogen) atoms.